The van der Waals surface area contributed by atoms with Gasteiger partial charge in [0.25, 0.3) is 5.91 Å². The van der Waals surface area contributed by atoms with Crippen molar-refractivity contribution in [3.05, 3.63) is 65.0 Å². The molecule has 2 aromatic carbocycles. The van der Waals surface area contributed by atoms with Crippen molar-refractivity contribution in [2.24, 2.45) is 0 Å². The molecule has 0 saturated carbocycles. The maximum Gasteiger partial charge on any atom is 0.299 e. The summed E-state index contributed by atoms with van der Waals surface area (Å²) < 4.78 is 18.9. The lowest BCUT2D eigenvalue weighted by Crippen LogP contribution is -2.47. The van der Waals surface area contributed by atoms with Crippen molar-refractivity contribution in [3.63, 3.8) is 0 Å². The van der Waals surface area contributed by atoms with Gasteiger partial charge in [-0.05, 0) is 59.7 Å². The van der Waals surface area contributed by atoms with Gasteiger partial charge in [0.15, 0.2) is 0 Å². The predicted octanol–water partition coefficient (Wildman–Crippen LogP) is 4.50. The number of unbranched alkanes of at least 4 members (excludes halogenated alkanes) is 1. The standard InChI is InChI=1S/C23H24FNO2/c1-4-6-7-19-14-17-15-20(27-3)12-13-21(17)23(25(19)22(26)5-2)16-8-10-18(24)11-9-16/h2,8-13,15,19,23H,4,6-7,14H2,1,3H3/t19-,23-/m0/s1. The van der Waals surface area contributed by atoms with Crippen molar-refractivity contribution < 1.29 is 13.9 Å². The molecular weight excluding hydrogens is 341 g/mol. The number of methoxy groups -OCH3 is 1. The second-order valence-electron chi connectivity index (χ2n) is 6.88. The van der Waals surface area contributed by atoms with Gasteiger partial charge in [0.05, 0.1) is 13.2 Å². The van der Waals surface area contributed by atoms with Gasteiger partial charge in [-0.2, -0.15) is 0 Å². The summed E-state index contributed by atoms with van der Waals surface area (Å²) in [6.45, 7) is 2.13. The average molecular weight is 365 g/mol. The van der Waals surface area contributed by atoms with Crippen molar-refractivity contribution in [1.82, 2.24) is 4.90 Å². The van der Waals surface area contributed by atoms with Crippen LogP contribution in [0.15, 0.2) is 42.5 Å². The van der Waals surface area contributed by atoms with Gasteiger partial charge in [-0.15, -0.1) is 6.42 Å². The Hall–Kier alpha value is -2.80. The van der Waals surface area contributed by atoms with Gasteiger partial charge < -0.3 is 9.64 Å². The fourth-order valence-electron chi connectivity index (χ4n) is 3.89. The van der Waals surface area contributed by atoms with E-state index in [1.54, 1.807) is 24.1 Å². The summed E-state index contributed by atoms with van der Waals surface area (Å²) in [7, 11) is 1.64. The van der Waals surface area contributed by atoms with Gasteiger partial charge in [-0.1, -0.05) is 38.0 Å². The summed E-state index contributed by atoms with van der Waals surface area (Å²) in [4.78, 5) is 14.5. The van der Waals surface area contributed by atoms with Gasteiger partial charge in [0, 0.05) is 6.04 Å². The zero-order valence-electron chi connectivity index (χ0n) is 15.7. The molecule has 0 spiro atoms. The molecular formula is C23H24FNO2. The lowest BCUT2D eigenvalue weighted by atomic mass is 9.83. The minimum atomic E-state index is -0.328. The van der Waals surface area contributed by atoms with Crippen LogP contribution in [0.25, 0.3) is 0 Å². The monoisotopic (exact) mass is 365 g/mol. The molecule has 1 amide bonds. The normalized spacial score (nSPS) is 18.5. The number of terminal acetylenes is 1. The second-order valence-corrected chi connectivity index (χ2v) is 6.88. The molecule has 0 saturated heterocycles. The van der Waals surface area contributed by atoms with Gasteiger partial charge in [0.2, 0.25) is 0 Å². The molecule has 0 radical (unpaired) electrons. The SMILES string of the molecule is C#CC(=O)N1[C@@H](CCCC)Cc2cc(OC)ccc2[C@@H]1c1ccc(F)cc1. The molecule has 2 atom stereocenters. The van der Waals surface area contributed by atoms with Crippen LogP contribution < -0.4 is 4.74 Å². The zero-order valence-corrected chi connectivity index (χ0v) is 15.7. The summed E-state index contributed by atoms with van der Waals surface area (Å²) in [6.07, 6.45) is 9.16. The number of carbonyl (C=O) groups is 1. The molecule has 1 heterocycles. The van der Waals surface area contributed by atoms with Crippen LogP contribution in [-0.2, 0) is 11.2 Å². The highest BCUT2D eigenvalue weighted by Gasteiger charge is 2.37. The molecule has 0 N–H and O–H groups in total. The van der Waals surface area contributed by atoms with Crippen LogP contribution in [-0.4, -0.2) is 24.0 Å². The second kappa shape index (κ2) is 8.26. The summed E-state index contributed by atoms with van der Waals surface area (Å²) in [5, 5.41) is 0. The Bertz CT molecular complexity index is 854. The molecule has 0 aliphatic carbocycles. The Morgan fingerprint density at radius 1 is 1.30 bits per heavy atom. The minimum absolute atomic E-state index is 0.00293. The Kier molecular flexibility index (Phi) is 5.81. The summed E-state index contributed by atoms with van der Waals surface area (Å²) in [5.74, 6) is 2.45. The number of ether oxygens (including phenoxy) is 1. The quantitative estimate of drug-likeness (QED) is 0.730. The van der Waals surface area contributed by atoms with E-state index in [1.807, 2.05) is 18.2 Å². The van der Waals surface area contributed by atoms with Gasteiger partial charge in [0.1, 0.15) is 11.6 Å². The van der Waals surface area contributed by atoms with Crippen LogP contribution in [0.5, 0.6) is 5.75 Å². The summed E-state index contributed by atoms with van der Waals surface area (Å²) in [5.41, 5.74) is 3.01. The number of rotatable bonds is 5. The molecule has 27 heavy (non-hydrogen) atoms. The Morgan fingerprint density at radius 2 is 2.04 bits per heavy atom. The molecule has 2 aromatic rings. The molecule has 3 nitrogen and oxygen atoms in total. The van der Waals surface area contributed by atoms with Crippen LogP contribution in [0.2, 0.25) is 0 Å². The van der Waals surface area contributed by atoms with Crippen LogP contribution in [0, 0.1) is 18.2 Å². The number of halogens is 1. The van der Waals surface area contributed by atoms with E-state index in [1.165, 1.54) is 12.1 Å². The fourth-order valence-corrected chi connectivity index (χ4v) is 3.89. The van der Waals surface area contributed by atoms with Crippen LogP contribution in [0.3, 0.4) is 0 Å². The molecule has 0 unspecified atom stereocenters. The van der Waals surface area contributed by atoms with E-state index in [4.69, 9.17) is 11.2 Å². The number of fused-ring (bicyclic) bond motifs is 1. The van der Waals surface area contributed by atoms with Crippen LogP contribution in [0.4, 0.5) is 4.39 Å². The molecule has 0 aromatic heterocycles. The average Bonchev–Trinajstić information content (AvgIpc) is 2.70. The van der Waals surface area contributed by atoms with E-state index in [9.17, 15) is 9.18 Å². The van der Waals surface area contributed by atoms with Crippen molar-refractivity contribution in [3.8, 4) is 18.1 Å². The van der Waals surface area contributed by atoms with E-state index >= 15 is 0 Å². The lowest BCUT2D eigenvalue weighted by molar-refractivity contribution is -0.130. The maximum absolute atomic E-state index is 13.5. The first-order valence-corrected chi connectivity index (χ1v) is 9.30. The Balaban J connectivity index is 2.15. The molecule has 0 bridgehead atoms. The van der Waals surface area contributed by atoms with E-state index in [0.717, 1.165) is 48.1 Å². The zero-order chi connectivity index (χ0) is 19.4. The van der Waals surface area contributed by atoms with Crippen LogP contribution in [0.1, 0.15) is 48.9 Å². The number of amides is 1. The van der Waals surface area contributed by atoms with Gasteiger partial charge in [-0.25, -0.2) is 4.39 Å². The first-order chi connectivity index (χ1) is 13.1. The molecule has 0 fully saturated rings. The van der Waals surface area contributed by atoms with E-state index < -0.39 is 0 Å². The topological polar surface area (TPSA) is 29.5 Å². The fraction of sp³-hybridized carbons (Fsp3) is 0.348. The molecule has 4 heteroatoms. The molecule has 1 aliphatic rings. The first kappa shape index (κ1) is 19.0. The van der Waals surface area contributed by atoms with E-state index in [-0.39, 0.29) is 23.8 Å². The highest BCUT2D eigenvalue weighted by Crippen LogP contribution is 2.40. The van der Waals surface area contributed by atoms with E-state index in [0.29, 0.717) is 0 Å². The van der Waals surface area contributed by atoms with Crippen LogP contribution >= 0.6 is 0 Å². The van der Waals surface area contributed by atoms with Crippen molar-refractivity contribution >= 4 is 5.91 Å². The summed E-state index contributed by atoms with van der Waals surface area (Å²) in [6, 6.07) is 11.9. The smallest absolute Gasteiger partial charge is 0.299 e. The summed E-state index contributed by atoms with van der Waals surface area (Å²) >= 11 is 0. The van der Waals surface area contributed by atoms with Crippen molar-refractivity contribution in [2.75, 3.05) is 7.11 Å². The lowest BCUT2D eigenvalue weighted by Gasteiger charge is -2.43. The third kappa shape index (κ3) is 3.83. The van der Waals surface area contributed by atoms with E-state index in [2.05, 4.69) is 12.8 Å². The highest BCUT2D eigenvalue weighted by atomic mass is 19.1. The van der Waals surface area contributed by atoms with Gasteiger partial charge in [-0.3, -0.25) is 4.79 Å². The highest BCUT2D eigenvalue weighted by molar-refractivity contribution is 5.94. The molecule has 1 aliphatic heterocycles. The predicted molar refractivity (Wildman–Crippen MR) is 104 cm³/mol. The number of nitrogens with zero attached hydrogens (tertiary/aromatic N) is 1. The molecule has 3 rings (SSSR count). The Morgan fingerprint density at radius 3 is 2.67 bits per heavy atom. The number of hydrogen-bond acceptors (Lipinski definition) is 2. The largest absolute Gasteiger partial charge is 0.497 e. The number of carbonyl (C=O) groups excluding carboxylic acids is 1. The number of hydrogen-bond donors (Lipinski definition) is 0. The number of benzene rings is 2. The third-order valence-corrected chi connectivity index (χ3v) is 5.21. The first-order valence-electron chi connectivity index (χ1n) is 9.30. The molecule has 140 valence electrons. The minimum Gasteiger partial charge on any atom is -0.497 e. The third-order valence-electron chi connectivity index (χ3n) is 5.21. The van der Waals surface area contributed by atoms with Crippen molar-refractivity contribution in [2.45, 2.75) is 44.7 Å². The Labute approximate surface area is 160 Å². The maximum atomic E-state index is 13.5. The van der Waals surface area contributed by atoms with Gasteiger partial charge >= 0.3 is 0 Å². The van der Waals surface area contributed by atoms with Crippen molar-refractivity contribution in [1.29, 1.82) is 0 Å².